The van der Waals surface area contributed by atoms with Gasteiger partial charge in [0.15, 0.2) is 0 Å². The highest BCUT2D eigenvalue weighted by molar-refractivity contribution is 7.90. The summed E-state index contributed by atoms with van der Waals surface area (Å²) in [5.41, 5.74) is 12.6. The second-order valence-corrected chi connectivity index (χ2v) is 19.8. The Morgan fingerprint density at radius 3 is 2.04 bits per heavy atom. The van der Waals surface area contributed by atoms with Crippen LogP contribution in [0.2, 0.25) is 5.04 Å². The van der Waals surface area contributed by atoms with Crippen molar-refractivity contribution < 1.29 is 22.4 Å². The summed E-state index contributed by atoms with van der Waals surface area (Å²) >= 11 is 0. The topological polar surface area (TPSA) is 123 Å². The summed E-state index contributed by atoms with van der Waals surface area (Å²) in [5, 5.41) is 6.33. The number of fused-ring (bicyclic) bond motifs is 1. The Kier molecular flexibility index (Phi) is 11.1. The maximum absolute atomic E-state index is 14.4. The van der Waals surface area contributed by atoms with E-state index < -0.39 is 36.3 Å². The van der Waals surface area contributed by atoms with Gasteiger partial charge in [-0.25, -0.2) is 12.4 Å². The van der Waals surface area contributed by atoms with Gasteiger partial charge in [-0.05, 0) is 71.0 Å². The molecule has 51 heavy (non-hydrogen) atoms. The van der Waals surface area contributed by atoms with Crippen LogP contribution in [0.1, 0.15) is 57.2 Å². The highest BCUT2D eigenvalue weighted by atomic mass is 32.2. The first-order valence-electron chi connectivity index (χ1n) is 16.8. The van der Waals surface area contributed by atoms with Gasteiger partial charge < -0.3 is 9.16 Å². The van der Waals surface area contributed by atoms with Gasteiger partial charge in [0, 0.05) is 22.4 Å². The summed E-state index contributed by atoms with van der Waals surface area (Å²) in [7, 11) is -7.14. The van der Waals surface area contributed by atoms with Crippen molar-refractivity contribution in [2.45, 2.75) is 70.0 Å². The molecule has 0 fully saturated rings. The minimum Gasteiger partial charge on any atom is -0.466 e. The van der Waals surface area contributed by atoms with E-state index in [4.69, 9.17) is 9.16 Å². The number of aromatic nitrogens is 1. The number of azide groups is 1. The van der Waals surface area contributed by atoms with Crippen molar-refractivity contribution in [1.82, 2.24) is 3.97 Å². The summed E-state index contributed by atoms with van der Waals surface area (Å²) < 4.78 is 42.6. The largest absolute Gasteiger partial charge is 0.466 e. The molecular weight excluding hydrogens is 677 g/mol. The van der Waals surface area contributed by atoms with Gasteiger partial charge in [0.1, 0.15) is 6.04 Å². The van der Waals surface area contributed by atoms with E-state index in [0.29, 0.717) is 27.6 Å². The molecule has 1 heterocycles. The molecule has 0 saturated heterocycles. The monoisotopic (exact) mass is 720 g/mol. The zero-order valence-electron chi connectivity index (χ0n) is 29.9. The number of nitrogens with zero attached hydrogens (tertiary/aromatic N) is 4. The Hall–Kier alpha value is -4.93. The number of hydrogen-bond donors (Lipinski definition) is 0. The summed E-state index contributed by atoms with van der Waals surface area (Å²) in [6, 6.07) is 31.3. The predicted molar refractivity (Wildman–Crippen MR) is 205 cm³/mol. The molecule has 0 bridgehead atoms. The third kappa shape index (κ3) is 7.16. The average molecular weight is 721 g/mol. The van der Waals surface area contributed by atoms with Crippen LogP contribution in [0.5, 0.6) is 0 Å². The molecule has 11 heteroatoms. The standard InChI is InChI=1S/C40H44N4O5SSi/c1-8-48-39(45)38(42-43-41)36(28(2)3)34-26-44(50(46,47)31-24-22-29(4)23-25-31)35-21-15-16-30(37(34)35)27-49-51(40(5,6)7,32-17-11-9-12-18-32)33-19-13-10-14-20-33/h9-26,36,38H,2,8,27H2,1,3-7H3/t36-,38+/m1/s1. The molecular formula is C40H44N4O5SSi. The molecule has 0 aliphatic heterocycles. The minimum absolute atomic E-state index is 0.0698. The molecule has 0 amide bonds. The second-order valence-electron chi connectivity index (χ2n) is 13.7. The third-order valence-corrected chi connectivity index (χ3v) is 15.9. The van der Waals surface area contributed by atoms with Gasteiger partial charge in [0.2, 0.25) is 0 Å². The first-order chi connectivity index (χ1) is 24.3. The van der Waals surface area contributed by atoms with Crippen LogP contribution < -0.4 is 10.4 Å². The molecule has 5 aromatic rings. The normalized spacial score (nSPS) is 13.3. The van der Waals surface area contributed by atoms with E-state index in [1.54, 1.807) is 44.2 Å². The van der Waals surface area contributed by atoms with Crippen molar-refractivity contribution in [3.8, 4) is 0 Å². The Balaban J connectivity index is 1.80. The Labute approximate surface area is 301 Å². The number of benzene rings is 4. The fraction of sp³-hybridized carbons (Fsp3) is 0.275. The van der Waals surface area contributed by atoms with Crippen LogP contribution >= 0.6 is 0 Å². The quantitative estimate of drug-likeness (QED) is 0.0303. The zero-order valence-corrected chi connectivity index (χ0v) is 31.7. The summed E-state index contributed by atoms with van der Waals surface area (Å²) in [4.78, 5) is 16.4. The van der Waals surface area contributed by atoms with Gasteiger partial charge in [-0.2, -0.15) is 0 Å². The SMILES string of the molecule is C=C(C)[C@H](c1cn(S(=O)(=O)c2ccc(C)cc2)c2cccc(CO[Si](c3ccccc3)(c3ccccc3)C(C)(C)C)c12)[C@H](N=[N+]=[N-])C(=O)OCC. The lowest BCUT2D eigenvalue weighted by Gasteiger charge is -2.43. The van der Waals surface area contributed by atoms with E-state index >= 15 is 0 Å². The first-order valence-corrected chi connectivity index (χ1v) is 20.2. The zero-order chi connectivity index (χ0) is 37.0. The van der Waals surface area contributed by atoms with E-state index in [1.807, 2.05) is 55.5 Å². The lowest BCUT2D eigenvalue weighted by molar-refractivity contribution is -0.145. The number of esters is 1. The predicted octanol–water partition coefficient (Wildman–Crippen LogP) is 8.17. The summed E-state index contributed by atoms with van der Waals surface area (Å²) in [6.07, 6.45) is 1.52. The Bertz CT molecular complexity index is 2150. The van der Waals surface area contributed by atoms with Crippen molar-refractivity contribution in [2.24, 2.45) is 5.11 Å². The van der Waals surface area contributed by atoms with Crippen LogP contribution in [0.15, 0.2) is 131 Å². The highest BCUT2D eigenvalue weighted by Gasteiger charge is 2.50. The van der Waals surface area contributed by atoms with E-state index in [-0.39, 0.29) is 23.1 Å². The van der Waals surface area contributed by atoms with Gasteiger partial charge in [-0.1, -0.05) is 129 Å². The fourth-order valence-corrected chi connectivity index (χ4v) is 12.8. The molecule has 1 aromatic heterocycles. The smallest absolute Gasteiger partial charge is 0.315 e. The van der Waals surface area contributed by atoms with Crippen molar-refractivity contribution in [1.29, 1.82) is 0 Å². The molecule has 2 atom stereocenters. The van der Waals surface area contributed by atoms with Crippen LogP contribution in [0.3, 0.4) is 0 Å². The van der Waals surface area contributed by atoms with E-state index in [0.717, 1.165) is 15.9 Å². The lowest BCUT2D eigenvalue weighted by Crippen LogP contribution is -2.66. The molecule has 5 rings (SSSR count). The molecule has 0 aliphatic rings. The van der Waals surface area contributed by atoms with Crippen molar-refractivity contribution in [3.63, 3.8) is 0 Å². The van der Waals surface area contributed by atoms with Gasteiger partial charge in [-0.15, -0.1) is 0 Å². The maximum Gasteiger partial charge on any atom is 0.315 e. The second kappa shape index (κ2) is 15.1. The van der Waals surface area contributed by atoms with E-state index in [2.05, 4.69) is 61.6 Å². The lowest BCUT2D eigenvalue weighted by atomic mass is 9.85. The summed E-state index contributed by atoms with van der Waals surface area (Å²) in [6.45, 7) is 16.2. The molecule has 0 radical (unpaired) electrons. The fourth-order valence-electron chi connectivity index (χ4n) is 6.93. The molecule has 0 spiro atoms. The van der Waals surface area contributed by atoms with Crippen molar-refractivity contribution in [3.05, 3.63) is 149 Å². The van der Waals surface area contributed by atoms with E-state index in [1.165, 1.54) is 10.2 Å². The van der Waals surface area contributed by atoms with Crippen LogP contribution in [0.4, 0.5) is 0 Å². The Morgan fingerprint density at radius 1 is 0.941 bits per heavy atom. The highest BCUT2D eigenvalue weighted by Crippen LogP contribution is 2.41. The molecule has 0 aliphatic carbocycles. The van der Waals surface area contributed by atoms with Crippen molar-refractivity contribution in [2.75, 3.05) is 6.61 Å². The van der Waals surface area contributed by atoms with E-state index in [9.17, 15) is 18.7 Å². The summed E-state index contributed by atoms with van der Waals surface area (Å²) in [5.74, 6) is -1.64. The number of hydrogen-bond acceptors (Lipinski definition) is 6. The molecule has 0 N–H and O–H groups in total. The number of ether oxygens (including phenoxy) is 1. The number of carbonyl (C=O) groups is 1. The molecule has 264 valence electrons. The third-order valence-electron chi connectivity index (χ3n) is 9.24. The van der Waals surface area contributed by atoms with Gasteiger partial charge in [0.05, 0.1) is 23.6 Å². The number of carbonyl (C=O) groups excluding carboxylic acids is 1. The molecule has 9 nitrogen and oxygen atoms in total. The number of rotatable bonds is 13. The van der Waals surface area contributed by atoms with Gasteiger partial charge in [-0.3, -0.25) is 4.79 Å². The van der Waals surface area contributed by atoms with Crippen molar-refractivity contribution >= 4 is 45.6 Å². The molecule has 0 saturated carbocycles. The van der Waals surface area contributed by atoms with Crippen LogP contribution in [0, 0.1) is 6.92 Å². The Morgan fingerprint density at radius 2 is 1.53 bits per heavy atom. The van der Waals surface area contributed by atoms with Crippen LogP contribution in [-0.4, -0.2) is 39.3 Å². The van der Waals surface area contributed by atoms with Gasteiger partial charge >= 0.3 is 5.97 Å². The van der Waals surface area contributed by atoms with Gasteiger partial charge in [0.25, 0.3) is 18.3 Å². The molecule has 0 unspecified atom stereocenters. The first kappa shape index (κ1) is 37.3. The maximum atomic E-state index is 14.4. The van der Waals surface area contributed by atoms with Crippen LogP contribution in [-0.2, 0) is 30.6 Å². The number of aryl methyl sites for hydroxylation is 1. The molecule has 4 aromatic carbocycles. The van der Waals surface area contributed by atoms with Crippen LogP contribution in [0.25, 0.3) is 21.3 Å². The minimum atomic E-state index is -4.12. The average Bonchev–Trinajstić information content (AvgIpc) is 3.49.